The molecule has 0 bridgehead atoms. The molecule has 1 saturated heterocycles. The number of carboxylic acid groups (broad SMARTS) is 1. The Morgan fingerprint density at radius 1 is 1.23 bits per heavy atom. The fourth-order valence-corrected chi connectivity index (χ4v) is 5.60. The molecule has 5 heteroatoms. The molecular weight excluding hydrogens is 386 g/mol. The normalized spacial score (nSPS) is 25.1. The number of aromatic carboxylic acids is 1. The Balaban J connectivity index is 1.05. The molecule has 31 heavy (non-hydrogen) atoms. The van der Waals surface area contributed by atoms with Crippen LogP contribution in [0.5, 0.6) is 0 Å². The van der Waals surface area contributed by atoms with E-state index in [1.54, 1.807) is 17.8 Å². The van der Waals surface area contributed by atoms with Crippen LogP contribution in [0.1, 0.15) is 54.2 Å². The van der Waals surface area contributed by atoms with E-state index in [4.69, 9.17) is 5.11 Å². The molecular formula is C26H31N3O2. The maximum absolute atomic E-state index is 10.9. The van der Waals surface area contributed by atoms with E-state index >= 15 is 0 Å². The van der Waals surface area contributed by atoms with E-state index in [-0.39, 0.29) is 5.69 Å². The molecule has 2 aromatic rings. The molecule has 2 N–H and O–H groups in total. The summed E-state index contributed by atoms with van der Waals surface area (Å²) in [6.07, 6.45) is 9.06. The average Bonchev–Trinajstić information content (AvgIpc) is 3.49. The highest BCUT2D eigenvalue weighted by molar-refractivity contribution is 5.85. The van der Waals surface area contributed by atoms with E-state index in [0.717, 1.165) is 31.6 Å². The molecule has 3 fully saturated rings. The van der Waals surface area contributed by atoms with Crippen LogP contribution in [0.4, 0.5) is 0 Å². The number of nitrogens with one attached hydrogen (secondary N) is 1. The molecule has 2 saturated carbocycles. The summed E-state index contributed by atoms with van der Waals surface area (Å²) >= 11 is 0. The van der Waals surface area contributed by atoms with E-state index in [1.165, 1.54) is 24.8 Å². The zero-order chi connectivity index (χ0) is 21.4. The number of hydrogen-bond donors (Lipinski definition) is 2. The molecule has 162 valence electrons. The molecule has 1 spiro atoms. The van der Waals surface area contributed by atoms with Gasteiger partial charge in [0.05, 0.1) is 0 Å². The van der Waals surface area contributed by atoms with E-state index in [9.17, 15) is 4.79 Å². The Morgan fingerprint density at radius 3 is 2.65 bits per heavy atom. The summed E-state index contributed by atoms with van der Waals surface area (Å²) in [6, 6.07) is 15.5. The summed E-state index contributed by atoms with van der Waals surface area (Å²) in [6.45, 7) is 5.43. The number of rotatable bonds is 8. The highest BCUT2D eigenvalue weighted by Gasteiger charge is 2.53. The Labute approximate surface area is 184 Å². The molecule has 0 unspecified atom stereocenters. The lowest BCUT2D eigenvalue weighted by atomic mass is 9.60. The van der Waals surface area contributed by atoms with Gasteiger partial charge in [0.1, 0.15) is 5.69 Å². The Hall–Kier alpha value is -2.50. The monoisotopic (exact) mass is 417 g/mol. The number of carboxylic acids is 1. The van der Waals surface area contributed by atoms with E-state index in [1.807, 2.05) is 6.07 Å². The fraction of sp³-hybridized carbons (Fsp3) is 0.462. The molecule has 1 aromatic heterocycles. The lowest BCUT2D eigenvalue weighted by molar-refractivity contribution is -0.0834. The molecule has 1 aromatic carbocycles. The second-order valence-electron chi connectivity index (χ2n) is 9.71. The highest BCUT2D eigenvalue weighted by Crippen LogP contribution is 2.50. The summed E-state index contributed by atoms with van der Waals surface area (Å²) in [7, 11) is 0. The van der Waals surface area contributed by atoms with Gasteiger partial charge in [-0.05, 0) is 54.2 Å². The predicted molar refractivity (Wildman–Crippen MR) is 122 cm³/mol. The van der Waals surface area contributed by atoms with Gasteiger partial charge in [0, 0.05) is 37.9 Å². The van der Waals surface area contributed by atoms with Crippen LogP contribution in [0.2, 0.25) is 0 Å². The summed E-state index contributed by atoms with van der Waals surface area (Å²) in [5, 5.41) is 12.9. The minimum absolute atomic E-state index is 0.111. The zero-order valence-electron chi connectivity index (χ0n) is 18.1. The Kier molecular flexibility index (Phi) is 5.40. The van der Waals surface area contributed by atoms with Gasteiger partial charge in [-0.3, -0.25) is 4.90 Å². The molecule has 0 radical (unpaired) electrons. The van der Waals surface area contributed by atoms with Gasteiger partial charge in [0.2, 0.25) is 0 Å². The first kappa shape index (κ1) is 20.4. The fourth-order valence-electron chi connectivity index (χ4n) is 5.60. The van der Waals surface area contributed by atoms with Crippen molar-refractivity contribution >= 4 is 12.0 Å². The molecule has 2 aliphatic carbocycles. The van der Waals surface area contributed by atoms with E-state index in [0.29, 0.717) is 23.4 Å². The summed E-state index contributed by atoms with van der Waals surface area (Å²) in [5.74, 6) is -0.261. The van der Waals surface area contributed by atoms with E-state index in [2.05, 4.69) is 58.5 Å². The molecule has 5 rings (SSSR count). The number of nitrogens with zero attached hydrogens (tertiary/aromatic N) is 2. The zero-order valence-corrected chi connectivity index (χ0v) is 18.1. The topological polar surface area (TPSA) is 65.5 Å². The third kappa shape index (κ3) is 4.43. The maximum atomic E-state index is 10.9. The van der Waals surface area contributed by atoms with E-state index < -0.39 is 5.97 Å². The van der Waals surface area contributed by atoms with Crippen LogP contribution in [0, 0.1) is 11.3 Å². The first-order valence-corrected chi connectivity index (χ1v) is 11.5. The van der Waals surface area contributed by atoms with Crippen LogP contribution < -0.4 is 5.32 Å². The Bertz CT molecular complexity index is 956. The largest absolute Gasteiger partial charge is 0.477 e. The van der Waals surface area contributed by atoms with Crippen LogP contribution in [-0.2, 0) is 6.54 Å². The number of pyridine rings is 1. The second-order valence-corrected chi connectivity index (χ2v) is 9.71. The lowest BCUT2D eigenvalue weighted by Crippen LogP contribution is -2.65. The molecule has 1 aliphatic heterocycles. The number of carbonyl (C=O) groups is 1. The van der Waals surface area contributed by atoms with Crippen molar-refractivity contribution in [2.24, 2.45) is 11.3 Å². The molecule has 3 aliphatic rings. The summed E-state index contributed by atoms with van der Waals surface area (Å²) in [5.41, 5.74) is 4.60. The number of benzene rings is 1. The second kappa shape index (κ2) is 8.21. The molecule has 2 heterocycles. The van der Waals surface area contributed by atoms with Crippen LogP contribution >= 0.6 is 0 Å². The summed E-state index contributed by atoms with van der Waals surface area (Å²) in [4.78, 5) is 17.4. The third-order valence-corrected chi connectivity index (χ3v) is 7.20. The van der Waals surface area contributed by atoms with Gasteiger partial charge in [-0.15, -0.1) is 0 Å². The quantitative estimate of drug-likeness (QED) is 0.673. The standard InChI is InChI=1S/C26H31N3O2/c1-2-20(10-18-6-4-3-5-7-18)22-11-24(22)28-21-12-26(13-21)16-29(17-26)15-19-8-9-23(25(30)31)27-14-19/h3-10,14,21-22,24,28H,2,11-13,15-17H2,1H3,(H,30,31)/b20-10+/t22-,24+/m0/s1. The minimum Gasteiger partial charge on any atom is -0.477 e. The van der Waals surface area contributed by atoms with Crippen LogP contribution in [0.3, 0.4) is 0 Å². The smallest absolute Gasteiger partial charge is 0.354 e. The Morgan fingerprint density at radius 2 is 2.00 bits per heavy atom. The van der Waals surface area contributed by atoms with Crippen molar-refractivity contribution in [3.8, 4) is 0 Å². The molecule has 2 atom stereocenters. The van der Waals surface area contributed by atoms with Crippen molar-refractivity contribution in [1.29, 1.82) is 0 Å². The third-order valence-electron chi connectivity index (χ3n) is 7.20. The lowest BCUT2D eigenvalue weighted by Gasteiger charge is -2.59. The van der Waals surface area contributed by atoms with Crippen molar-refractivity contribution in [2.75, 3.05) is 13.1 Å². The first-order chi connectivity index (χ1) is 15.0. The predicted octanol–water partition coefficient (Wildman–Crippen LogP) is 4.22. The van der Waals surface area contributed by atoms with Crippen LogP contribution in [0.25, 0.3) is 6.08 Å². The molecule has 0 amide bonds. The van der Waals surface area contributed by atoms with Crippen molar-refractivity contribution in [1.82, 2.24) is 15.2 Å². The van der Waals surface area contributed by atoms with Gasteiger partial charge in [0.15, 0.2) is 0 Å². The summed E-state index contributed by atoms with van der Waals surface area (Å²) < 4.78 is 0. The molecule has 5 nitrogen and oxygen atoms in total. The minimum atomic E-state index is -0.970. The maximum Gasteiger partial charge on any atom is 0.354 e. The number of likely N-dealkylation sites (tertiary alicyclic amines) is 1. The van der Waals surface area contributed by atoms with Crippen molar-refractivity contribution < 1.29 is 9.90 Å². The van der Waals surface area contributed by atoms with Crippen molar-refractivity contribution in [3.63, 3.8) is 0 Å². The first-order valence-electron chi connectivity index (χ1n) is 11.5. The average molecular weight is 418 g/mol. The van der Waals surface area contributed by atoms with Gasteiger partial charge in [-0.1, -0.05) is 55.0 Å². The van der Waals surface area contributed by atoms with Gasteiger partial charge in [-0.2, -0.15) is 0 Å². The van der Waals surface area contributed by atoms with Crippen LogP contribution in [0.15, 0.2) is 54.2 Å². The van der Waals surface area contributed by atoms with Gasteiger partial charge < -0.3 is 10.4 Å². The number of aromatic nitrogens is 1. The van der Waals surface area contributed by atoms with Gasteiger partial charge in [-0.25, -0.2) is 9.78 Å². The SMILES string of the molecule is CC/C(=C\c1ccccc1)[C@@H]1C[C@H]1NC1CC2(C1)CN(Cc1ccc(C(=O)O)nc1)C2. The van der Waals surface area contributed by atoms with Crippen LogP contribution in [-0.4, -0.2) is 46.1 Å². The van der Waals surface area contributed by atoms with Gasteiger partial charge in [0.25, 0.3) is 0 Å². The van der Waals surface area contributed by atoms with Crippen molar-refractivity contribution in [2.45, 2.75) is 51.2 Å². The number of hydrogen-bond acceptors (Lipinski definition) is 4. The highest BCUT2D eigenvalue weighted by atomic mass is 16.4. The van der Waals surface area contributed by atoms with Gasteiger partial charge >= 0.3 is 5.97 Å². The van der Waals surface area contributed by atoms with Crippen molar-refractivity contribution in [3.05, 3.63) is 71.1 Å².